The summed E-state index contributed by atoms with van der Waals surface area (Å²) in [5, 5.41) is 10.4. The minimum atomic E-state index is 0.770. The van der Waals surface area contributed by atoms with Gasteiger partial charge in [-0.1, -0.05) is 19.1 Å². The van der Waals surface area contributed by atoms with E-state index in [0.717, 1.165) is 36.5 Å². The smallest absolute Gasteiger partial charge is 0.0948 e. The molecule has 0 saturated carbocycles. The molecule has 3 aromatic rings. The lowest BCUT2D eigenvalue weighted by Crippen LogP contribution is -2.06. The molecule has 2 aromatic heterocycles. The highest BCUT2D eigenvalue weighted by Gasteiger charge is 2.03. The maximum absolute atomic E-state index is 4.22. The van der Waals surface area contributed by atoms with Crippen LogP contribution in [0.5, 0.6) is 0 Å². The predicted octanol–water partition coefficient (Wildman–Crippen LogP) is 3.30. The van der Waals surface area contributed by atoms with Gasteiger partial charge in [0, 0.05) is 30.2 Å². The number of aryl methyl sites for hydroxylation is 1. The Kier molecular flexibility index (Phi) is 4.00. The Morgan fingerprint density at radius 1 is 1.29 bits per heavy atom. The van der Waals surface area contributed by atoms with Crippen LogP contribution in [0.25, 0.3) is 11.3 Å². The van der Waals surface area contributed by atoms with E-state index >= 15 is 0 Å². The lowest BCUT2D eigenvalue weighted by atomic mass is 10.1. The van der Waals surface area contributed by atoms with E-state index in [0.29, 0.717) is 0 Å². The second kappa shape index (κ2) is 6.26. The lowest BCUT2D eigenvalue weighted by Gasteiger charge is -2.10. The SMILES string of the molecule is CCCn1cncc1CNc1cccc(-c2ccn[nH]2)c1. The van der Waals surface area contributed by atoms with Gasteiger partial charge in [-0.05, 0) is 24.6 Å². The summed E-state index contributed by atoms with van der Waals surface area (Å²) in [7, 11) is 0. The first-order chi connectivity index (χ1) is 10.4. The highest BCUT2D eigenvalue weighted by Crippen LogP contribution is 2.20. The number of aromatic nitrogens is 4. The predicted molar refractivity (Wildman–Crippen MR) is 83.9 cm³/mol. The third-order valence-corrected chi connectivity index (χ3v) is 3.41. The fourth-order valence-electron chi connectivity index (χ4n) is 2.34. The van der Waals surface area contributed by atoms with Crippen LogP contribution in [0.15, 0.2) is 49.1 Å². The zero-order valence-electron chi connectivity index (χ0n) is 12.1. The quantitative estimate of drug-likeness (QED) is 0.729. The van der Waals surface area contributed by atoms with Crippen LogP contribution < -0.4 is 5.32 Å². The van der Waals surface area contributed by atoms with Gasteiger partial charge < -0.3 is 9.88 Å². The van der Waals surface area contributed by atoms with Gasteiger partial charge >= 0.3 is 0 Å². The molecule has 3 rings (SSSR count). The standard InChI is InChI=1S/C16H19N5/c1-2-8-21-12-17-10-15(21)11-18-14-5-3-4-13(9-14)16-6-7-19-20-16/h3-7,9-10,12,18H,2,8,11H2,1H3,(H,19,20). The van der Waals surface area contributed by atoms with Crippen molar-refractivity contribution >= 4 is 5.69 Å². The third kappa shape index (κ3) is 3.13. The van der Waals surface area contributed by atoms with E-state index in [1.54, 1.807) is 6.20 Å². The molecule has 21 heavy (non-hydrogen) atoms. The van der Waals surface area contributed by atoms with Gasteiger partial charge in [0.05, 0.1) is 24.3 Å². The van der Waals surface area contributed by atoms with Crippen molar-refractivity contribution in [2.45, 2.75) is 26.4 Å². The Labute approximate surface area is 124 Å². The maximum Gasteiger partial charge on any atom is 0.0948 e. The van der Waals surface area contributed by atoms with Gasteiger partial charge in [0.15, 0.2) is 0 Å². The Balaban J connectivity index is 1.71. The second-order valence-electron chi connectivity index (χ2n) is 4.98. The molecule has 0 spiro atoms. The van der Waals surface area contributed by atoms with E-state index in [2.05, 4.69) is 50.2 Å². The van der Waals surface area contributed by atoms with E-state index in [-0.39, 0.29) is 0 Å². The largest absolute Gasteiger partial charge is 0.379 e. The molecule has 2 heterocycles. The number of H-pyrrole nitrogens is 1. The summed E-state index contributed by atoms with van der Waals surface area (Å²) in [6.07, 6.45) is 6.68. The van der Waals surface area contributed by atoms with Crippen LogP contribution in [-0.4, -0.2) is 19.7 Å². The Morgan fingerprint density at radius 3 is 3.05 bits per heavy atom. The second-order valence-corrected chi connectivity index (χ2v) is 4.98. The van der Waals surface area contributed by atoms with Crippen LogP contribution in [0.1, 0.15) is 19.0 Å². The van der Waals surface area contributed by atoms with Crippen molar-refractivity contribution in [3.05, 3.63) is 54.7 Å². The van der Waals surface area contributed by atoms with E-state index in [4.69, 9.17) is 0 Å². The molecule has 0 amide bonds. The Bertz CT molecular complexity index is 684. The number of imidazole rings is 1. The highest BCUT2D eigenvalue weighted by molar-refractivity contribution is 5.64. The van der Waals surface area contributed by atoms with Crippen molar-refractivity contribution < 1.29 is 0 Å². The molecule has 0 bridgehead atoms. The minimum absolute atomic E-state index is 0.770. The number of aromatic amines is 1. The van der Waals surface area contributed by atoms with Crippen LogP contribution in [0.4, 0.5) is 5.69 Å². The molecule has 0 saturated heterocycles. The van der Waals surface area contributed by atoms with Crippen molar-refractivity contribution in [2.75, 3.05) is 5.32 Å². The van der Waals surface area contributed by atoms with Gasteiger partial charge in [0.1, 0.15) is 0 Å². The summed E-state index contributed by atoms with van der Waals surface area (Å²) in [6, 6.07) is 10.3. The molecule has 0 radical (unpaired) electrons. The summed E-state index contributed by atoms with van der Waals surface area (Å²) in [5.74, 6) is 0. The molecule has 5 heteroatoms. The first-order valence-electron chi connectivity index (χ1n) is 7.19. The van der Waals surface area contributed by atoms with Crippen molar-refractivity contribution in [2.24, 2.45) is 0 Å². The molecular formula is C16H19N5. The number of nitrogens with zero attached hydrogens (tertiary/aromatic N) is 3. The first kappa shape index (κ1) is 13.4. The molecule has 0 unspecified atom stereocenters. The van der Waals surface area contributed by atoms with Gasteiger partial charge in [-0.3, -0.25) is 5.10 Å². The average Bonchev–Trinajstić information content (AvgIpc) is 3.18. The van der Waals surface area contributed by atoms with Gasteiger partial charge in [0.25, 0.3) is 0 Å². The molecule has 108 valence electrons. The molecule has 2 N–H and O–H groups in total. The molecule has 5 nitrogen and oxygen atoms in total. The van der Waals surface area contributed by atoms with Gasteiger partial charge in [-0.2, -0.15) is 5.10 Å². The number of anilines is 1. The van der Waals surface area contributed by atoms with Crippen LogP contribution in [0.2, 0.25) is 0 Å². The van der Waals surface area contributed by atoms with Gasteiger partial charge in [0.2, 0.25) is 0 Å². The van der Waals surface area contributed by atoms with E-state index < -0.39 is 0 Å². The summed E-state index contributed by atoms with van der Waals surface area (Å²) < 4.78 is 2.19. The van der Waals surface area contributed by atoms with Gasteiger partial charge in [-0.15, -0.1) is 0 Å². The zero-order chi connectivity index (χ0) is 14.5. The molecule has 0 aliphatic carbocycles. The van der Waals surface area contributed by atoms with Crippen molar-refractivity contribution in [3.8, 4) is 11.3 Å². The van der Waals surface area contributed by atoms with Crippen molar-refractivity contribution in [1.29, 1.82) is 0 Å². The fourth-order valence-corrected chi connectivity index (χ4v) is 2.34. The van der Waals surface area contributed by atoms with Gasteiger partial charge in [-0.25, -0.2) is 4.98 Å². The summed E-state index contributed by atoms with van der Waals surface area (Å²) in [5.41, 5.74) is 4.43. The number of benzene rings is 1. The molecule has 0 aliphatic rings. The minimum Gasteiger partial charge on any atom is -0.379 e. The number of hydrogen-bond acceptors (Lipinski definition) is 3. The lowest BCUT2D eigenvalue weighted by molar-refractivity contribution is 0.651. The Morgan fingerprint density at radius 2 is 2.24 bits per heavy atom. The average molecular weight is 281 g/mol. The monoisotopic (exact) mass is 281 g/mol. The van der Waals surface area contributed by atoms with E-state index in [9.17, 15) is 0 Å². The van der Waals surface area contributed by atoms with Crippen LogP contribution >= 0.6 is 0 Å². The summed E-state index contributed by atoms with van der Waals surface area (Å²) in [4.78, 5) is 4.22. The topological polar surface area (TPSA) is 58.5 Å². The van der Waals surface area contributed by atoms with Crippen molar-refractivity contribution in [1.82, 2.24) is 19.7 Å². The number of rotatable bonds is 6. The van der Waals surface area contributed by atoms with Crippen LogP contribution in [-0.2, 0) is 13.1 Å². The molecule has 0 atom stereocenters. The van der Waals surface area contributed by atoms with Crippen LogP contribution in [0.3, 0.4) is 0 Å². The normalized spacial score (nSPS) is 10.7. The third-order valence-electron chi connectivity index (χ3n) is 3.41. The maximum atomic E-state index is 4.22. The molecule has 0 fully saturated rings. The van der Waals surface area contributed by atoms with Crippen molar-refractivity contribution in [3.63, 3.8) is 0 Å². The molecular weight excluding hydrogens is 262 g/mol. The summed E-state index contributed by atoms with van der Waals surface area (Å²) in [6.45, 7) is 3.95. The number of nitrogens with one attached hydrogen (secondary N) is 2. The number of hydrogen-bond donors (Lipinski definition) is 2. The summed E-state index contributed by atoms with van der Waals surface area (Å²) >= 11 is 0. The molecule has 1 aromatic carbocycles. The Hall–Kier alpha value is -2.56. The van der Waals surface area contributed by atoms with E-state index in [1.807, 2.05) is 24.7 Å². The first-order valence-corrected chi connectivity index (χ1v) is 7.19. The fraction of sp³-hybridized carbons (Fsp3) is 0.250. The highest BCUT2D eigenvalue weighted by atomic mass is 15.1. The van der Waals surface area contributed by atoms with E-state index in [1.165, 1.54) is 5.69 Å². The van der Waals surface area contributed by atoms with Crippen LogP contribution in [0, 0.1) is 0 Å². The molecule has 0 aliphatic heterocycles. The zero-order valence-corrected chi connectivity index (χ0v) is 12.1.